The van der Waals surface area contributed by atoms with Crippen LogP contribution in [0.25, 0.3) is 11.2 Å². The maximum atomic E-state index is 18.2. The van der Waals surface area contributed by atoms with Gasteiger partial charge in [0.1, 0.15) is 32.6 Å². The van der Waals surface area contributed by atoms with E-state index in [-0.39, 0.29) is 58.6 Å². The first-order valence-electron chi connectivity index (χ1n) is 16.5. The van der Waals surface area contributed by atoms with E-state index in [1.54, 1.807) is 13.8 Å². The molecule has 0 radical (unpaired) electrons. The van der Waals surface area contributed by atoms with Gasteiger partial charge in [0.25, 0.3) is 0 Å². The minimum absolute atomic E-state index is 0.00564. The monoisotopic (exact) mass is 727 g/mol. The average molecular weight is 728 g/mol. The van der Waals surface area contributed by atoms with Gasteiger partial charge in [-0.2, -0.15) is 21.7 Å². The molecule has 0 spiro atoms. The van der Waals surface area contributed by atoms with Crippen LogP contribution in [-0.2, 0) is 23.1 Å². The number of hydrogen-bond acceptors (Lipinski definition) is 9. The third-order valence-corrected chi connectivity index (χ3v) is 15.2. The molecule has 2 fully saturated rings. The van der Waals surface area contributed by atoms with E-state index in [4.69, 9.17) is 29.9 Å². The molecule has 2 aromatic heterocycles. The zero-order chi connectivity index (χ0) is 34.9. The second kappa shape index (κ2) is 15.1. The van der Waals surface area contributed by atoms with E-state index in [1.165, 1.54) is 10.9 Å². The standard InChI is InChI=1S/C32H51ClFN5O5SSi2/c1-19(2)29(40)38-31-36-27(33)25-28(37-31)39(17-35-25)30-32(34,14-15-46(9,10)11)26-24(43-30)16-41-18-42-47(44-26,21(5)6)23(8)13-12-22(7)45-20(3)4/h17,19-24,26,30H,12-13,16,18H2,1-11H3,(H,36,37,38,40)/t22?,23?,24-,26-,30-,32-,47?/m1/s1. The summed E-state index contributed by atoms with van der Waals surface area (Å²) in [5.41, 5.74) is 1.42. The Hall–Kier alpha value is -1.58. The van der Waals surface area contributed by atoms with Gasteiger partial charge in [-0.15, -0.1) is 5.54 Å². The lowest BCUT2D eigenvalue weighted by Crippen LogP contribution is -2.59. The molecule has 7 atom stereocenters. The summed E-state index contributed by atoms with van der Waals surface area (Å²) in [4.78, 5) is 25.6. The van der Waals surface area contributed by atoms with Crippen LogP contribution in [0.5, 0.6) is 0 Å². The smallest absolute Gasteiger partial charge is 0.345 e. The summed E-state index contributed by atoms with van der Waals surface area (Å²) in [5, 5.41) is 3.70. The van der Waals surface area contributed by atoms with E-state index in [9.17, 15) is 4.79 Å². The molecule has 2 aromatic rings. The molecule has 262 valence electrons. The molecule has 0 aliphatic carbocycles. The second-order valence-corrected chi connectivity index (χ2v) is 25.9. The van der Waals surface area contributed by atoms with E-state index >= 15 is 4.39 Å². The molecule has 0 aromatic carbocycles. The second-order valence-electron chi connectivity index (χ2n) is 14.6. The minimum Gasteiger partial charge on any atom is -0.383 e. The number of ether oxygens (including phenoxy) is 2. The largest absolute Gasteiger partial charge is 0.383 e. The Morgan fingerprint density at radius 1 is 1.19 bits per heavy atom. The third-order valence-electron chi connectivity index (χ3n) is 8.40. The Bertz CT molecular complexity index is 1480. The highest BCUT2D eigenvalue weighted by Crippen LogP contribution is 2.49. The molecule has 10 nitrogen and oxygen atoms in total. The first kappa shape index (κ1) is 38.2. The number of thioether (sulfide) groups is 1. The van der Waals surface area contributed by atoms with E-state index in [0.717, 1.165) is 12.8 Å². The summed E-state index contributed by atoms with van der Waals surface area (Å²) < 4.78 is 45.8. The Morgan fingerprint density at radius 2 is 1.89 bits per heavy atom. The molecule has 2 aliphatic heterocycles. The van der Waals surface area contributed by atoms with E-state index in [0.29, 0.717) is 10.5 Å². The van der Waals surface area contributed by atoms with Gasteiger partial charge < -0.3 is 18.3 Å². The van der Waals surface area contributed by atoms with E-state index < -0.39 is 40.7 Å². The summed E-state index contributed by atoms with van der Waals surface area (Å²) in [6.45, 7) is 22.8. The molecular weight excluding hydrogens is 677 g/mol. The number of rotatable bonds is 10. The van der Waals surface area contributed by atoms with Crippen LogP contribution in [0.2, 0.25) is 35.9 Å². The molecule has 47 heavy (non-hydrogen) atoms. The van der Waals surface area contributed by atoms with Crippen LogP contribution in [0.4, 0.5) is 10.3 Å². The maximum Gasteiger partial charge on any atom is 0.345 e. The fourth-order valence-electron chi connectivity index (χ4n) is 5.96. The Balaban J connectivity index is 1.80. The topological polar surface area (TPSA) is 110 Å². The summed E-state index contributed by atoms with van der Waals surface area (Å²) in [6.07, 6.45) is 0.0932. The van der Waals surface area contributed by atoms with Crippen LogP contribution in [-0.4, -0.2) is 83.8 Å². The maximum absolute atomic E-state index is 18.2. The summed E-state index contributed by atoms with van der Waals surface area (Å²) in [7, 11) is -5.22. The molecule has 3 unspecified atom stereocenters. The number of nitrogens with zero attached hydrogens (tertiary/aromatic N) is 4. The van der Waals surface area contributed by atoms with Crippen molar-refractivity contribution in [1.29, 1.82) is 0 Å². The van der Waals surface area contributed by atoms with Crippen molar-refractivity contribution >= 4 is 63.0 Å². The van der Waals surface area contributed by atoms with Crippen molar-refractivity contribution in [2.75, 3.05) is 18.7 Å². The quantitative estimate of drug-likeness (QED) is 0.151. The Morgan fingerprint density at radius 3 is 2.51 bits per heavy atom. The number of amides is 1. The molecule has 15 heteroatoms. The molecule has 4 rings (SSSR count). The van der Waals surface area contributed by atoms with Crippen molar-refractivity contribution in [2.24, 2.45) is 5.92 Å². The molecule has 4 heterocycles. The van der Waals surface area contributed by atoms with Crippen molar-refractivity contribution < 1.29 is 27.5 Å². The van der Waals surface area contributed by atoms with Crippen molar-refractivity contribution in [1.82, 2.24) is 19.5 Å². The number of carbonyl (C=O) groups is 1. The minimum atomic E-state index is -3.15. The summed E-state index contributed by atoms with van der Waals surface area (Å²) in [5.74, 6) is 2.41. The number of imidazole rings is 1. The lowest BCUT2D eigenvalue weighted by Gasteiger charge is -2.44. The molecule has 2 saturated heterocycles. The normalized spacial score (nSPS) is 28.1. The lowest BCUT2D eigenvalue weighted by molar-refractivity contribution is -0.119. The predicted molar refractivity (Wildman–Crippen MR) is 191 cm³/mol. The summed E-state index contributed by atoms with van der Waals surface area (Å²) >= 11 is 8.45. The van der Waals surface area contributed by atoms with Crippen molar-refractivity contribution in [3.05, 3.63) is 11.5 Å². The number of fused-ring (bicyclic) bond motifs is 2. The number of hydrogen-bond donors (Lipinski definition) is 1. The predicted octanol–water partition coefficient (Wildman–Crippen LogP) is 7.50. The molecule has 2 aliphatic rings. The molecule has 1 amide bonds. The van der Waals surface area contributed by atoms with Gasteiger partial charge in [-0.25, -0.2) is 9.37 Å². The van der Waals surface area contributed by atoms with Crippen LogP contribution >= 0.6 is 23.4 Å². The first-order valence-corrected chi connectivity index (χ1v) is 23.3. The lowest BCUT2D eigenvalue weighted by atomic mass is 9.97. The first-order chi connectivity index (χ1) is 21.9. The number of nitrogens with one attached hydrogen (secondary N) is 1. The number of halogens is 2. The van der Waals surface area contributed by atoms with Gasteiger partial charge in [-0.3, -0.25) is 14.7 Å². The van der Waals surface area contributed by atoms with Crippen LogP contribution in [0.1, 0.15) is 74.5 Å². The van der Waals surface area contributed by atoms with Gasteiger partial charge in [0, 0.05) is 16.7 Å². The molecular formula is C32H51ClFN5O5SSi2. The highest BCUT2D eigenvalue weighted by Gasteiger charge is 2.64. The SMILES string of the molecule is CC(C)SC(C)CCC(C)[Si]1(C(C)C)OCOC[C@H]2O[C@@H](n3cnc4c(Cl)nc(NC(=O)C(C)C)nc43)[C@@](F)(C#C[Si](C)(C)C)[C@@H]2O1. The van der Waals surface area contributed by atoms with Crippen LogP contribution in [0.3, 0.4) is 0 Å². The van der Waals surface area contributed by atoms with Gasteiger partial charge in [0.15, 0.2) is 17.0 Å². The van der Waals surface area contributed by atoms with Crippen LogP contribution < -0.4 is 5.32 Å². The molecule has 0 bridgehead atoms. The van der Waals surface area contributed by atoms with Gasteiger partial charge in [0.05, 0.1) is 12.9 Å². The zero-order valence-corrected chi connectivity index (χ0v) is 33.1. The van der Waals surface area contributed by atoms with Crippen molar-refractivity contribution in [3.63, 3.8) is 0 Å². The van der Waals surface area contributed by atoms with Crippen molar-refractivity contribution in [2.45, 2.75) is 134 Å². The number of carbonyl (C=O) groups excluding carboxylic acids is 1. The highest BCUT2D eigenvalue weighted by molar-refractivity contribution is 8.00. The Kier molecular flexibility index (Phi) is 12.3. The van der Waals surface area contributed by atoms with E-state index in [1.807, 2.05) is 11.8 Å². The number of anilines is 1. The molecule has 1 N–H and O–H groups in total. The Labute approximate surface area is 290 Å². The van der Waals surface area contributed by atoms with Crippen LogP contribution in [0, 0.1) is 17.4 Å². The van der Waals surface area contributed by atoms with Gasteiger partial charge >= 0.3 is 8.56 Å². The fourth-order valence-corrected chi connectivity index (χ4v) is 11.8. The average Bonchev–Trinajstić information content (AvgIpc) is 3.48. The highest BCUT2D eigenvalue weighted by atomic mass is 35.5. The van der Waals surface area contributed by atoms with E-state index in [2.05, 4.69) is 92.9 Å². The fraction of sp³-hybridized carbons (Fsp3) is 0.750. The summed E-state index contributed by atoms with van der Waals surface area (Å²) in [6, 6.07) is 0. The third kappa shape index (κ3) is 8.60. The van der Waals surface area contributed by atoms with Crippen molar-refractivity contribution in [3.8, 4) is 11.5 Å². The van der Waals surface area contributed by atoms with Crippen LogP contribution in [0.15, 0.2) is 6.33 Å². The zero-order valence-electron chi connectivity index (χ0n) is 29.5. The number of alkyl halides is 1. The molecule has 0 saturated carbocycles. The van der Waals surface area contributed by atoms with Gasteiger partial charge in [0.2, 0.25) is 17.5 Å². The number of aromatic nitrogens is 4. The van der Waals surface area contributed by atoms with Gasteiger partial charge in [-0.1, -0.05) is 92.6 Å². The van der Waals surface area contributed by atoms with Gasteiger partial charge in [-0.05, 0) is 23.6 Å².